The second-order valence-electron chi connectivity index (χ2n) is 28.3. The zero-order valence-electron chi connectivity index (χ0n) is 51.3. The molecule has 0 radical (unpaired) electrons. The number of hydrogen-bond donors (Lipinski definition) is 7. The fourth-order valence-electron chi connectivity index (χ4n) is 19.3. The van der Waals surface area contributed by atoms with Gasteiger partial charge in [-0.15, -0.1) is 0 Å². The molecule has 86 heavy (non-hydrogen) atoms. The molecule has 12 aliphatic rings. The number of phenolic OH excluding ortho intramolecular Hbond substituents is 1. The molecular formula is C75H93N5O6. The van der Waals surface area contributed by atoms with E-state index >= 15 is 9.59 Å². The zero-order chi connectivity index (χ0) is 58.7. The molecule has 4 saturated carbocycles. The third kappa shape index (κ3) is 10.6. The van der Waals surface area contributed by atoms with Crippen molar-refractivity contribution < 1.29 is 29.3 Å². The van der Waals surface area contributed by atoms with Crippen LogP contribution in [0.25, 0.3) is 16.7 Å². The Bertz CT molecular complexity index is 3350. The highest BCUT2D eigenvalue weighted by Gasteiger charge is 2.69. The van der Waals surface area contributed by atoms with Crippen molar-refractivity contribution in [2.45, 2.75) is 185 Å². The number of rotatable bonds is 12. The summed E-state index contributed by atoms with van der Waals surface area (Å²) in [4.78, 5) is 30.7. The second-order valence-corrected chi connectivity index (χ2v) is 28.3. The zero-order valence-corrected chi connectivity index (χ0v) is 51.3. The summed E-state index contributed by atoms with van der Waals surface area (Å²) < 4.78 is 13.5. The average Bonchev–Trinajstić information content (AvgIpc) is 1.42. The molecule has 4 aromatic carbocycles. The maximum absolute atomic E-state index is 15.4. The van der Waals surface area contributed by atoms with Gasteiger partial charge in [-0.05, 0) is 252 Å². The molecule has 11 atom stereocenters. The van der Waals surface area contributed by atoms with Crippen LogP contribution in [0.3, 0.4) is 0 Å². The van der Waals surface area contributed by atoms with E-state index in [0.29, 0.717) is 48.7 Å². The van der Waals surface area contributed by atoms with Gasteiger partial charge in [0.2, 0.25) is 0 Å². The minimum Gasteiger partial charge on any atom is -0.508 e. The highest BCUT2D eigenvalue weighted by atomic mass is 16.6. The van der Waals surface area contributed by atoms with E-state index in [1.54, 1.807) is 6.07 Å². The smallest absolute Gasteiger partial charge is 0.340 e. The van der Waals surface area contributed by atoms with Gasteiger partial charge in [0.05, 0.1) is 23.3 Å². The van der Waals surface area contributed by atoms with Crippen LogP contribution in [0, 0.1) is 46.3 Å². The normalized spacial score (nSPS) is 31.8. The van der Waals surface area contributed by atoms with Crippen molar-refractivity contribution in [2.75, 3.05) is 26.7 Å². The summed E-state index contributed by atoms with van der Waals surface area (Å²) in [6.45, 7) is 7.08. The molecule has 0 aromatic heterocycles. The number of aromatic hydroxyl groups is 1. The summed E-state index contributed by atoms with van der Waals surface area (Å²) in [5.74, 6) is 1.53. The summed E-state index contributed by atoms with van der Waals surface area (Å²) in [6.07, 6.45) is 25.9. The second kappa shape index (κ2) is 24.0. The van der Waals surface area contributed by atoms with Gasteiger partial charge in [-0.3, -0.25) is 0 Å². The van der Waals surface area contributed by atoms with Gasteiger partial charge in [0, 0.05) is 47.8 Å². The molecule has 7 aliphatic carbocycles. The molecule has 16 rings (SSSR count). The first-order valence-corrected chi connectivity index (χ1v) is 33.7. The van der Waals surface area contributed by atoms with Crippen molar-refractivity contribution in [3.05, 3.63) is 165 Å². The van der Waals surface area contributed by atoms with E-state index in [1.165, 1.54) is 66.3 Å². The Hall–Kier alpha value is -5.66. The van der Waals surface area contributed by atoms with Crippen LogP contribution in [-0.2, 0) is 44.0 Å². The number of ether oxygens (including phenoxy) is 2. The van der Waals surface area contributed by atoms with Crippen molar-refractivity contribution in [3.8, 4) is 16.9 Å². The van der Waals surface area contributed by atoms with Gasteiger partial charge >= 0.3 is 11.9 Å². The molecule has 2 saturated heterocycles. The van der Waals surface area contributed by atoms with Crippen molar-refractivity contribution in [3.63, 3.8) is 0 Å². The molecule has 5 heterocycles. The Morgan fingerprint density at radius 3 is 2.47 bits per heavy atom. The number of allylic oxidation sites excluding steroid dienone is 5. The van der Waals surface area contributed by atoms with E-state index in [4.69, 9.17) is 9.47 Å². The number of hydrogen-bond acceptors (Lipinski definition) is 11. The average molecular weight is 1160 g/mol. The van der Waals surface area contributed by atoms with Gasteiger partial charge < -0.3 is 46.3 Å². The van der Waals surface area contributed by atoms with Crippen LogP contribution < -0.4 is 26.6 Å². The van der Waals surface area contributed by atoms with Crippen molar-refractivity contribution in [1.29, 1.82) is 0 Å². The van der Waals surface area contributed by atoms with Crippen molar-refractivity contribution in [2.24, 2.45) is 46.3 Å². The molecule has 11 heteroatoms. The predicted octanol–water partition coefficient (Wildman–Crippen LogP) is 13.1. The Morgan fingerprint density at radius 1 is 0.802 bits per heavy atom. The van der Waals surface area contributed by atoms with Gasteiger partial charge in [-0.1, -0.05) is 105 Å². The molecule has 5 aliphatic heterocycles. The molecule has 0 amide bonds. The number of aliphatic hydroxyl groups excluding tert-OH is 1. The topological polar surface area (TPSA) is 153 Å². The summed E-state index contributed by atoms with van der Waals surface area (Å²) in [6, 6.07) is 33.3. The number of cyclic esters (lactones) is 1. The number of aliphatic hydroxyl groups is 1. The van der Waals surface area contributed by atoms with Crippen LogP contribution in [0.5, 0.6) is 5.75 Å². The third-order valence-electron chi connectivity index (χ3n) is 23.4. The molecule has 6 fully saturated rings. The fourth-order valence-corrected chi connectivity index (χ4v) is 19.3. The Labute approximate surface area is 510 Å². The highest BCUT2D eigenvalue weighted by molar-refractivity contribution is 6.07. The molecule has 454 valence electrons. The maximum Gasteiger partial charge on any atom is 0.340 e. The van der Waals surface area contributed by atoms with Gasteiger partial charge in [0.1, 0.15) is 17.3 Å². The van der Waals surface area contributed by atoms with E-state index in [1.807, 2.05) is 19.1 Å². The van der Waals surface area contributed by atoms with Crippen LogP contribution in [-0.4, -0.2) is 67.1 Å². The van der Waals surface area contributed by atoms with Crippen molar-refractivity contribution in [1.82, 2.24) is 26.6 Å². The van der Waals surface area contributed by atoms with E-state index < -0.39 is 11.5 Å². The minimum absolute atomic E-state index is 0.0418. The summed E-state index contributed by atoms with van der Waals surface area (Å²) in [5, 5.41) is 42.3. The number of phenols is 1. The molecule has 11 unspecified atom stereocenters. The first kappa shape index (κ1) is 58.0. The lowest BCUT2D eigenvalue weighted by Crippen LogP contribution is -2.52. The first-order valence-electron chi connectivity index (χ1n) is 33.7. The van der Waals surface area contributed by atoms with E-state index in [9.17, 15) is 10.2 Å². The Kier molecular flexibility index (Phi) is 16.2. The van der Waals surface area contributed by atoms with E-state index in [-0.39, 0.29) is 64.5 Å². The van der Waals surface area contributed by atoms with Crippen LogP contribution in [0.1, 0.15) is 175 Å². The lowest BCUT2D eigenvalue weighted by molar-refractivity contribution is -0.135. The number of esters is 2. The molecule has 4 aromatic rings. The number of fused-ring (bicyclic) bond motifs is 5. The van der Waals surface area contributed by atoms with Crippen LogP contribution >= 0.6 is 0 Å². The number of piperidine rings is 1. The highest BCUT2D eigenvalue weighted by Crippen LogP contribution is 2.72. The summed E-state index contributed by atoms with van der Waals surface area (Å²) in [7, 11) is 2.08. The van der Waals surface area contributed by atoms with Gasteiger partial charge in [0.25, 0.3) is 0 Å². The lowest BCUT2D eigenvalue weighted by atomic mass is 9.44. The molecule has 14 bridgehead atoms. The lowest BCUT2D eigenvalue weighted by Gasteiger charge is -2.56. The fraction of sp³-hybridized carbons (Fsp3) is 0.547. The van der Waals surface area contributed by atoms with Gasteiger partial charge in [0.15, 0.2) is 0 Å². The molecule has 1 spiro atoms. The number of benzene rings is 4. The Balaban J connectivity index is 0.927. The third-order valence-corrected chi connectivity index (χ3v) is 23.4. The maximum atomic E-state index is 15.4. The minimum atomic E-state index is -0.891. The first-order chi connectivity index (χ1) is 41.9. The SMILES string of the molecule is CCC(C=C1OC(=O)C2=C3c4cc(O)ccc4-c4cccc(c4)CNCCc4cc(cc(C5(NC6CCCC6)CCCC5)c4)C(NCC(C)O)C4CCC(C5CCNC(NC)C5)(CC=C5OC(=O)C6=C5CCC5C3CCC12C65)C4)Cc1ccccc1. The number of carbonyl (C=O) groups is 2. The van der Waals surface area contributed by atoms with Crippen LogP contribution in [0.4, 0.5) is 0 Å². The standard InChI is InChI=1S/C75H93N5O6/c1-4-47(35-48-13-6-5-7-14-48)39-64-75-32-24-59-60-21-22-61-63(85-71(83)67(61)68(60)75)25-31-73(54-27-34-78-65(41-54)76-3)30-23-52(43-73)70(79-44-46(2)81)53-36-49(38-55(40-53)74(28-10-11-29-74)80-56-17-8-9-18-56)26-33-77-45-50-15-12-16-51(37-50)58-20-19-57(82)42-62(58)66(59)69(75)72(84)86-64/h5-7,12-16,19-20,25,36-40,42,46-47,52,54,56,59-60,65,68,70,76-82H,4,8-11,17-18,21-24,26-35,41,43-45H2,1-3H3. The monoisotopic (exact) mass is 1160 g/mol. The molecule has 7 N–H and O–H groups in total. The van der Waals surface area contributed by atoms with E-state index in [2.05, 4.69) is 126 Å². The Morgan fingerprint density at radius 2 is 1.65 bits per heavy atom. The van der Waals surface area contributed by atoms with Gasteiger partial charge in [-0.25, -0.2) is 9.59 Å². The van der Waals surface area contributed by atoms with Gasteiger partial charge in [-0.2, -0.15) is 0 Å². The molecular weight excluding hydrogens is 1070 g/mol. The molecule has 11 nitrogen and oxygen atoms in total. The van der Waals surface area contributed by atoms with Crippen LogP contribution in [0.15, 0.2) is 131 Å². The largest absolute Gasteiger partial charge is 0.508 e. The predicted molar refractivity (Wildman–Crippen MR) is 339 cm³/mol. The quantitative estimate of drug-likeness (QED) is 0.0679. The van der Waals surface area contributed by atoms with Crippen molar-refractivity contribution >= 4 is 17.5 Å². The summed E-state index contributed by atoms with van der Waals surface area (Å²) in [5.41, 5.74) is 11.9. The number of nitrogens with one attached hydrogen (secondary N) is 5. The van der Waals surface area contributed by atoms with E-state index in [0.717, 1.165) is 142 Å². The number of carbonyl (C=O) groups excluding carboxylic acids is 2. The summed E-state index contributed by atoms with van der Waals surface area (Å²) >= 11 is 0. The van der Waals surface area contributed by atoms with Crippen LogP contribution in [0.2, 0.25) is 0 Å².